The van der Waals surface area contributed by atoms with Crippen LogP contribution in [0.1, 0.15) is 44.9 Å². The Labute approximate surface area is 171 Å². The lowest BCUT2D eigenvalue weighted by Crippen LogP contribution is -2.45. The van der Waals surface area contributed by atoms with Gasteiger partial charge < -0.3 is 21.1 Å². The topological polar surface area (TPSA) is 113 Å². The van der Waals surface area contributed by atoms with Crippen molar-refractivity contribution in [3.63, 3.8) is 0 Å². The highest BCUT2D eigenvalue weighted by Crippen LogP contribution is 2.31. The van der Waals surface area contributed by atoms with Crippen molar-refractivity contribution in [1.29, 1.82) is 0 Å². The van der Waals surface area contributed by atoms with Gasteiger partial charge in [-0.25, -0.2) is 4.79 Å². The number of carbonyl (C=O) groups is 3. The number of hydrogen-bond donors (Lipinski definition) is 3. The van der Waals surface area contributed by atoms with Crippen molar-refractivity contribution in [2.75, 3.05) is 25.1 Å². The number of thioether (sulfide) groups is 1. The number of carboxylic acid groups (broad SMARTS) is 1. The van der Waals surface area contributed by atoms with Crippen molar-refractivity contribution in [3.8, 4) is 0 Å². The molecule has 1 heterocycles. The lowest BCUT2D eigenvalue weighted by atomic mass is 9.81. The summed E-state index contributed by atoms with van der Waals surface area (Å²) in [6, 6.07) is -1.11. The van der Waals surface area contributed by atoms with E-state index in [1.165, 1.54) is 0 Å². The fourth-order valence-electron chi connectivity index (χ4n) is 3.89. The normalized spacial score (nSPS) is 26.1. The average molecular weight is 422 g/mol. The van der Waals surface area contributed by atoms with Crippen molar-refractivity contribution in [1.82, 2.24) is 10.2 Å². The predicted molar refractivity (Wildman–Crippen MR) is 109 cm³/mol. The molecular formula is C18H32ClN3O4S. The maximum Gasteiger partial charge on any atom is 0.326 e. The van der Waals surface area contributed by atoms with Crippen LogP contribution >= 0.6 is 24.2 Å². The highest BCUT2D eigenvalue weighted by molar-refractivity contribution is 7.98. The first-order valence-electron chi connectivity index (χ1n) is 9.49. The quantitative estimate of drug-likeness (QED) is 0.547. The zero-order valence-electron chi connectivity index (χ0n) is 15.9. The molecule has 1 aliphatic carbocycles. The van der Waals surface area contributed by atoms with Gasteiger partial charge in [-0.15, -0.1) is 12.4 Å². The second-order valence-corrected chi connectivity index (χ2v) is 8.36. The highest BCUT2D eigenvalue weighted by atomic mass is 35.5. The van der Waals surface area contributed by atoms with E-state index >= 15 is 0 Å². The van der Waals surface area contributed by atoms with Gasteiger partial charge in [-0.2, -0.15) is 11.8 Å². The molecule has 0 spiro atoms. The summed E-state index contributed by atoms with van der Waals surface area (Å²) in [6.07, 6.45) is 7.27. The molecule has 27 heavy (non-hydrogen) atoms. The summed E-state index contributed by atoms with van der Waals surface area (Å²) >= 11 is 1.68. The molecule has 2 amide bonds. The van der Waals surface area contributed by atoms with Crippen LogP contribution in [-0.2, 0) is 14.4 Å². The third-order valence-corrected chi connectivity index (χ3v) is 6.20. The minimum absolute atomic E-state index is 0. The van der Waals surface area contributed by atoms with Crippen LogP contribution in [0.4, 0.5) is 0 Å². The predicted octanol–water partition coefficient (Wildman–Crippen LogP) is 1.49. The van der Waals surface area contributed by atoms with E-state index in [0.717, 1.165) is 37.9 Å². The molecule has 0 aromatic carbocycles. The Balaban J connectivity index is 0.00000364. The number of carboxylic acids is 1. The molecule has 2 fully saturated rings. The molecule has 156 valence electrons. The van der Waals surface area contributed by atoms with Crippen LogP contribution in [-0.4, -0.2) is 65.0 Å². The molecule has 0 radical (unpaired) electrons. The van der Waals surface area contributed by atoms with Crippen LogP contribution in [0.15, 0.2) is 0 Å². The summed E-state index contributed by atoms with van der Waals surface area (Å²) in [5.74, 6) is 0.158. The molecule has 1 aliphatic heterocycles. The minimum Gasteiger partial charge on any atom is -0.480 e. The first-order valence-corrected chi connectivity index (χ1v) is 10.9. The number of carbonyl (C=O) groups excluding carboxylic acids is 2. The van der Waals surface area contributed by atoms with E-state index in [1.807, 2.05) is 6.26 Å². The van der Waals surface area contributed by atoms with Crippen LogP contribution in [0.5, 0.6) is 0 Å². The van der Waals surface area contributed by atoms with Gasteiger partial charge in [-0.1, -0.05) is 0 Å². The summed E-state index contributed by atoms with van der Waals surface area (Å²) < 4.78 is 0. The Morgan fingerprint density at radius 2 is 1.89 bits per heavy atom. The molecular weight excluding hydrogens is 390 g/mol. The van der Waals surface area contributed by atoms with Gasteiger partial charge in [-0.3, -0.25) is 9.59 Å². The van der Waals surface area contributed by atoms with Crippen molar-refractivity contribution in [2.24, 2.45) is 17.6 Å². The Morgan fingerprint density at radius 3 is 2.48 bits per heavy atom. The summed E-state index contributed by atoms with van der Waals surface area (Å²) in [7, 11) is 0. The number of amides is 2. The number of rotatable bonds is 8. The maximum absolute atomic E-state index is 12.7. The van der Waals surface area contributed by atoms with E-state index < -0.39 is 18.1 Å². The second kappa shape index (κ2) is 11.8. The van der Waals surface area contributed by atoms with Crippen molar-refractivity contribution in [2.45, 2.75) is 57.0 Å². The van der Waals surface area contributed by atoms with Gasteiger partial charge in [0.2, 0.25) is 11.8 Å². The molecule has 0 aromatic heterocycles. The second-order valence-electron chi connectivity index (χ2n) is 7.38. The summed E-state index contributed by atoms with van der Waals surface area (Å²) in [4.78, 5) is 37.5. The average Bonchev–Trinajstić information content (AvgIpc) is 3.14. The van der Waals surface area contributed by atoms with Crippen LogP contribution in [0, 0.1) is 11.8 Å². The van der Waals surface area contributed by atoms with Crippen molar-refractivity contribution in [3.05, 3.63) is 0 Å². The molecule has 2 rings (SSSR count). The molecule has 7 nitrogen and oxygen atoms in total. The first kappa shape index (κ1) is 24.0. The molecule has 1 saturated carbocycles. The van der Waals surface area contributed by atoms with Crippen LogP contribution in [0.25, 0.3) is 0 Å². The van der Waals surface area contributed by atoms with E-state index in [9.17, 15) is 19.5 Å². The van der Waals surface area contributed by atoms with E-state index in [1.54, 1.807) is 16.7 Å². The van der Waals surface area contributed by atoms with Gasteiger partial charge in [-0.05, 0) is 62.9 Å². The summed E-state index contributed by atoms with van der Waals surface area (Å²) in [5, 5.41) is 12.2. The van der Waals surface area contributed by atoms with Gasteiger partial charge in [0.15, 0.2) is 0 Å². The van der Waals surface area contributed by atoms with Crippen molar-refractivity contribution >= 4 is 42.0 Å². The molecule has 4 N–H and O–H groups in total. The number of nitrogens with one attached hydrogen (secondary N) is 1. The van der Waals surface area contributed by atoms with Crippen LogP contribution in [0.3, 0.4) is 0 Å². The Hall–Kier alpha value is -0.990. The van der Waals surface area contributed by atoms with Gasteiger partial charge in [0, 0.05) is 19.0 Å². The lowest BCUT2D eigenvalue weighted by molar-refractivity contribution is -0.150. The number of hydrogen-bond acceptors (Lipinski definition) is 5. The summed E-state index contributed by atoms with van der Waals surface area (Å²) in [6.45, 7) is 1.16. The number of nitrogens with zero attached hydrogens (tertiary/aromatic N) is 1. The number of likely N-dealkylation sites (tertiary alicyclic amines) is 1. The fourth-order valence-corrected chi connectivity index (χ4v) is 4.38. The maximum atomic E-state index is 12.7. The van der Waals surface area contributed by atoms with E-state index in [4.69, 9.17) is 5.73 Å². The largest absolute Gasteiger partial charge is 0.480 e. The zero-order chi connectivity index (χ0) is 19.1. The SMILES string of the molecule is CSCC[C@H](N)C(=O)NCC1CCC(C(=O)N2CCC[C@H]2C(=O)O)CC1.Cl. The van der Waals surface area contributed by atoms with Crippen LogP contribution in [0.2, 0.25) is 0 Å². The number of nitrogens with two attached hydrogens (primary N) is 1. The molecule has 2 aliphatic rings. The molecule has 9 heteroatoms. The van der Waals surface area contributed by atoms with Gasteiger partial charge in [0.25, 0.3) is 0 Å². The van der Waals surface area contributed by atoms with Gasteiger partial charge in [0.1, 0.15) is 6.04 Å². The molecule has 0 aromatic rings. The third kappa shape index (κ3) is 6.84. The van der Waals surface area contributed by atoms with Gasteiger partial charge in [0.05, 0.1) is 6.04 Å². The molecule has 0 bridgehead atoms. The Kier molecular flexibility index (Phi) is 10.5. The molecule has 1 saturated heterocycles. The van der Waals surface area contributed by atoms with E-state index in [-0.39, 0.29) is 30.1 Å². The Morgan fingerprint density at radius 1 is 1.22 bits per heavy atom. The van der Waals surface area contributed by atoms with Crippen LogP contribution < -0.4 is 11.1 Å². The van der Waals surface area contributed by atoms with Gasteiger partial charge >= 0.3 is 5.97 Å². The zero-order valence-corrected chi connectivity index (χ0v) is 17.5. The Bertz CT molecular complexity index is 515. The molecule has 2 atom stereocenters. The monoisotopic (exact) mass is 421 g/mol. The third-order valence-electron chi connectivity index (χ3n) is 5.55. The minimum atomic E-state index is -0.898. The lowest BCUT2D eigenvalue weighted by Gasteiger charge is -2.32. The smallest absolute Gasteiger partial charge is 0.326 e. The first-order chi connectivity index (χ1) is 12.4. The van der Waals surface area contributed by atoms with E-state index in [0.29, 0.717) is 31.8 Å². The standard InChI is InChI=1S/C18H31N3O4S.ClH/c1-26-10-8-14(19)16(22)20-11-12-4-6-13(7-5-12)17(23)21-9-2-3-15(21)18(24)25;/h12-15H,2-11,19H2,1H3,(H,20,22)(H,24,25);1H/t12?,13?,14-,15-;/m0./s1. The number of halogens is 1. The van der Waals surface area contributed by atoms with Crippen molar-refractivity contribution < 1.29 is 19.5 Å². The number of aliphatic carboxylic acids is 1. The molecule has 0 unspecified atom stereocenters. The highest BCUT2D eigenvalue weighted by Gasteiger charge is 2.38. The summed E-state index contributed by atoms with van der Waals surface area (Å²) in [5.41, 5.74) is 5.86. The van der Waals surface area contributed by atoms with E-state index in [2.05, 4.69) is 5.32 Å². The fraction of sp³-hybridized carbons (Fsp3) is 0.833.